The molecule has 0 spiro atoms. The van der Waals surface area contributed by atoms with Crippen molar-refractivity contribution < 1.29 is 0 Å². The first-order valence-electron chi connectivity index (χ1n) is 4.78. The van der Waals surface area contributed by atoms with E-state index in [1.807, 2.05) is 30.5 Å². The van der Waals surface area contributed by atoms with Gasteiger partial charge in [-0.3, -0.25) is 0 Å². The molecule has 0 radical (unpaired) electrons. The molecule has 3 aromatic rings. The number of aromatic nitrogens is 2. The molecule has 0 N–H and O–H groups in total. The predicted octanol–water partition coefficient (Wildman–Crippen LogP) is 4.01. The van der Waals surface area contributed by atoms with Gasteiger partial charge in [-0.15, -0.1) is 11.3 Å². The molecule has 0 unspecified atom stereocenters. The van der Waals surface area contributed by atoms with Gasteiger partial charge in [-0.05, 0) is 17.7 Å². The molecule has 3 rings (SSSR count). The van der Waals surface area contributed by atoms with E-state index in [1.165, 1.54) is 0 Å². The average Bonchev–Trinajstić information content (AvgIpc) is 2.72. The molecule has 78 valence electrons. The quantitative estimate of drug-likeness (QED) is 0.648. The van der Waals surface area contributed by atoms with Crippen LogP contribution in [0.15, 0.2) is 42.2 Å². The smallest absolute Gasteiger partial charge is 0.127 e. The summed E-state index contributed by atoms with van der Waals surface area (Å²) in [5, 5.41) is 3.91. The minimum absolute atomic E-state index is 0.744. The second-order valence-electron chi connectivity index (χ2n) is 3.40. The molecule has 0 atom stereocenters. The van der Waals surface area contributed by atoms with Crippen molar-refractivity contribution in [2.75, 3.05) is 0 Å². The first-order chi connectivity index (χ1) is 7.84. The van der Waals surface area contributed by atoms with Crippen LogP contribution in [0, 0.1) is 0 Å². The monoisotopic (exact) mass is 246 g/mol. The van der Waals surface area contributed by atoms with E-state index >= 15 is 0 Å². The van der Waals surface area contributed by atoms with Crippen LogP contribution in [-0.4, -0.2) is 9.97 Å². The van der Waals surface area contributed by atoms with Crippen LogP contribution in [0.4, 0.5) is 0 Å². The molecule has 0 aliphatic rings. The lowest BCUT2D eigenvalue weighted by Crippen LogP contribution is -1.78. The van der Waals surface area contributed by atoms with Crippen molar-refractivity contribution in [2.45, 2.75) is 0 Å². The van der Waals surface area contributed by atoms with Gasteiger partial charge in [-0.25, -0.2) is 9.97 Å². The van der Waals surface area contributed by atoms with E-state index in [0.717, 1.165) is 26.4 Å². The van der Waals surface area contributed by atoms with Gasteiger partial charge in [-0.1, -0.05) is 23.7 Å². The van der Waals surface area contributed by atoms with E-state index in [0.29, 0.717) is 0 Å². The third-order valence-corrected chi connectivity index (χ3v) is 3.53. The minimum Gasteiger partial charge on any atom is -0.244 e. The second-order valence-corrected chi connectivity index (χ2v) is 4.70. The van der Waals surface area contributed by atoms with Crippen LogP contribution < -0.4 is 0 Å². The third-order valence-electron chi connectivity index (χ3n) is 2.39. The number of hydrogen-bond acceptors (Lipinski definition) is 3. The van der Waals surface area contributed by atoms with Crippen LogP contribution in [0.1, 0.15) is 0 Å². The molecular weight excluding hydrogens is 240 g/mol. The molecule has 0 saturated carbocycles. The SMILES string of the molecule is Clc1cccc(-c2csc3ncncc23)c1. The molecular formula is C12H7ClN2S. The first kappa shape index (κ1) is 9.75. The number of fused-ring (bicyclic) bond motifs is 1. The Morgan fingerprint density at radius 1 is 1.25 bits per heavy atom. The topological polar surface area (TPSA) is 25.8 Å². The summed E-state index contributed by atoms with van der Waals surface area (Å²) in [6.07, 6.45) is 3.41. The Kier molecular flexibility index (Phi) is 2.35. The van der Waals surface area contributed by atoms with Gasteiger partial charge < -0.3 is 0 Å². The zero-order valence-electron chi connectivity index (χ0n) is 8.22. The Morgan fingerprint density at radius 2 is 2.19 bits per heavy atom. The molecule has 16 heavy (non-hydrogen) atoms. The van der Waals surface area contributed by atoms with E-state index in [-0.39, 0.29) is 0 Å². The number of halogens is 1. The molecule has 0 aliphatic heterocycles. The fraction of sp³-hybridized carbons (Fsp3) is 0. The number of thiophene rings is 1. The maximum Gasteiger partial charge on any atom is 0.127 e. The van der Waals surface area contributed by atoms with E-state index in [9.17, 15) is 0 Å². The largest absolute Gasteiger partial charge is 0.244 e. The zero-order chi connectivity index (χ0) is 11.0. The molecule has 0 amide bonds. The fourth-order valence-corrected chi connectivity index (χ4v) is 2.74. The highest BCUT2D eigenvalue weighted by Crippen LogP contribution is 2.32. The van der Waals surface area contributed by atoms with Gasteiger partial charge in [0, 0.05) is 27.5 Å². The van der Waals surface area contributed by atoms with Crippen molar-refractivity contribution in [3.63, 3.8) is 0 Å². The summed E-state index contributed by atoms with van der Waals surface area (Å²) < 4.78 is 0. The summed E-state index contributed by atoms with van der Waals surface area (Å²) in [4.78, 5) is 9.29. The Labute approximate surface area is 102 Å². The van der Waals surface area contributed by atoms with Gasteiger partial charge in [0.15, 0.2) is 0 Å². The molecule has 0 fully saturated rings. The van der Waals surface area contributed by atoms with Gasteiger partial charge in [0.2, 0.25) is 0 Å². The molecule has 1 aromatic carbocycles. The molecule has 0 aliphatic carbocycles. The van der Waals surface area contributed by atoms with Crippen LogP contribution >= 0.6 is 22.9 Å². The summed E-state index contributed by atoms with van der Waals surface area (Å²) in [5.74, 6) is 0. The van der Waals surface area contributed by atoms with Crippen LogP contribution in [-0.2, 0) is 0 Å². The fourth-order valence-electron chi connectivity index (χ4n) is 1.65. The lowest BCUT2D eigenvalue weighted by Gasteiger charge is -1.99. The van der Waals surface area contributed by atoms with Crippen molar-refractivity contribution in [2.24, 2.45) is 0 Å². The Balaban J connectivity index is 2.26. The van der Waals surface area contributed by atoms with Crippen LogP contribution in [0.5, 0.6) is 0 Å². The van der Waals surface area contributed by atoms with Crippen LogP contribution in [0.3, 0.4) is 0 Å². The van der Waals surface area contributed by atoms with E-state index < -0.39 is 0 Å². The van der Waals surface area contributed by atoms with Crippen molar-refractivity contribution in [1.82, 2.24) is 9.97 Å². The predicted molar refractivity (Wildman–Crippen MR) is 67.9 cm³/mol. The second kappa shape index (κ2) is 3.85. The van der Waals surface area contributed by atoms with Gasteiger partial charge >= 0.3 is 0 Å². The normalized spacial score (nSPS) is 10.8. The van der Waals surface area contributed by atoms with Crippen molar-refractivity contribution in [3.05, 3.63) is 47.2 Å². The van der Waals surface area contributed by atoms with E-state index in [4.69, 9.17) is 11.6 Å². The number of nitrogens with zero attached hydrogens (tertiary/aromatic N) is 2. The Morgan fingerprint density at radius 3 is 3.06 bits per heavy atom. The maximum atomic E-state index is 5.99. The Hall–Kier alpha value is -1.45. The number of rotatable bonds is 1. The van der Waals surface area contributed by atoms with Gasteiger partial charge in [-0.2, -0.15) is 0 Å². The molecule has 2 aromatic heterocycles. The zero-order valence-corrected chi connectivity index (χ0v) is 9.79. The summed E-state index contributed by atoms with van der Waals surface area (Å²) in [6.45, 7) is 0. The number of benzene rings is 1. The van der Waals surface area contributed by atoms with Crippen molar-refractivity contribution in [3.8, 4) is 11.1 Å². The van der Waals surface area contributed by atoms with Gasteiger partial charge in [0.05, 0.1) is 0 Å². The molecule has 2 nitrogen and oxygen atoms in total. The van der Waals surface area contributed by atoms with Gasteiger partial charge in [0.25, 0.3) is 0 Å². The van der Waals surface area contributed by atoms with Crippen molar-refractivity contribution in [1.29, 1.82) is 0 Å². The molecule has 2 heterocycles. The molecule has 0 bridgehead atoms. The molecule has 4 heteroatoms. The highest BCUT2D eigenvalue weighted by atomic mass is 35.5. The van der Waals surface area contributed by atoms with E-state index in [2.05, 4.69) is 15.3 Å². The van der Waals surface area contributed by atoms with Gasteiger partial charge in [0.1, 0.15) is 11.2 Å². The summed E-state index contributed by atoms with van der Waals surface area (Å²) >= 11 is 7.61. The Bertz CT molecular complexity index is 648. The lowest BCUT2D eigenvalue weighted by molar-refractivity contribution is 1.23. The van der Waals surface area contributed by atoms with Crippen LogP contribution in [0.2, 0.25) is 5.02 Å². The summed E-state index contributed by atoms with van der Waals surface area (Å²) in [6, 6.07) is 7.82. The highest BCUT2D eigenvalue weighted by molar-refractivity contribution is 7.17. The average molecular weight is 247 g/mol. The third kappa shape index (κ3) is 1.58. The van der Waals surface area contributed by atoms with Crippen LogP contribution in [0.25, 0.3) is 21.3 Å². The van der Waals surface area contributed by atoms with E-state index in [1.54, 1.807) is 17.7 Å². The standard InChI is InChI=1S/C12H7ClN2S/c13-9-3-1-2-8(4-9)11-6-16-12-10(11)5-14-7-15-12/h1-7H. The minimum atomic E-state index is 0.744. The number of hydrogen-bond donors (Lipinski definition) is 0. The first-order valence-corrected chi connectivity index (χ1v) is 6.03. The summed E-state index contributed by atoms with van der Waals surface area (Å²) in [5.41, 5.74) is 2.25. The maximum absolute atomic E-state index is 5.99. The lowest BCUT2D eigenvalue weighted by atomic mass is 10.1. The molecule has 0 saturated heterocycles. The summed E-state index contributed by atoms with van der Waals surface area (Å²) in [7, 11) is 0. The highest BCUT2D eigenvalue weighted by Gasteiger charge is 2.07. The van der Waals surface area contributed by atoms with Crippen molar-refractivity contribution >= 4 is 33.2 Å².